The molecule has 0 atom stereocenters. The molecule has 29 heavy (non-hydrogen) atoms. The van der Waals surface area contributed by atoms with Gasteiger partial charge < -0.3 is 19.6 Å². The second-order valence-electron chi connectivity index (χ2n) is 7.26. The summed E-state index contributed by atoms with van der Waals surface area (Å²) < 4.78 is 5.01. The molecule has 0 radical (unpaired) electrons. The van der Waals surface area contributed by atoms with Gasteiger partial charge in [0, 0.05) is 43.6 Å². The van der Waals surface area contributed by atoms with Crippen molar-refractivity contribution in [1.82, 2.24) is 20.0 Å². The zero-order chi connectivity index (χ0) is 20.4. The monoisotopic (exact) mass is 392 g/mol. The normalized spacial score (nSPS) is 14.2. The van der Waals surface area contributed by atoms with Crippen molar-refractivity contribution in [3.8, 4) is 0 Å². The van der Waals surface area contributed by atoms with E-state index in [2.05, 4.69) is 44.4 Å². The van der Waals surface area contributed by atoms with E-state index >= 15 is 0 Å². The van der Waals surface area contributed by atoms with Crippen LogP contribution in [0.1, 0.15) is 27.4 Å². The van der Waals surface area contributed by atoms with E-state index in [9.17, 15) is 4.79 Å². The molecular formula is C21H24N6O2. The molecule has 8 nitrogen and oxygen atoms in total. The van der Waals surface area contributed by atoms with E-state index in [0.717, 1.165) is 17.2 Å². The number of hydrogen-bond acceptors (Lipinski definition) is 7. The third kappa shape index (κ3) is 4.21. The van der Waals surface area contributed by atoms with Crippen molar-refractivity contribution in [3.63, 3.8) is 0 Å². The van der Waals surface area contributed by atoms with Gasteiger partial charge in [0.2, 0.25) is 5.95 Å². The van der Waals surface area contributed by atoms with E-state index in [1.54, 1.807) is 6.92 Å². The lowest BCUT2D eigenvalue weighted by atomic mass is 10.2. The highest BCUT2D eigenvalue weighted by molar-refractivity contribution is 5.94. The van der Waals surface area contributed by atoms with Crippen molar-refractivity contribution in [3.05, 3.63) is 59.1 Å². The maximum atomic E-state index is 12.6. The van der Waals surface area contributed by atoms with Crippen molar-refractivity contribution in [2.75, 3.05) is 36.4 Å². The van der Waals surface area contributed by atoms with Crippen LogP contribution in [0.5, 0.6) is 0 Å². The molecule has 1 aliphatic heterocycles. The number of aromatic nitrogens is 3. The molecule has 150 valence electrons. The molecule has 1 amide bonds. The van der Waals surface area contributed by atoms with Crippen LogP contribution in [0.2, 0.25) is 0 Å². The number of carbonyl (C=O) groups is 1. The molecule has 1 saturated heterocycles. The number of piperazine rings is 1. The first-order chi connectivity index (χ1) is 14.0. The summed E-state index contributed by atoms with van der Waals surface area (Å²) in [5, 5.41) is 7.04. The fourth-order valence-electron chi connectivity index (χ4n) is 3.33. The average Bonchev–Trinajstić information content (AvgIpc) is 3.15. The first-order valence-electron chi connectivity index (χ1n) is 9.64. The van der Waals surface area contributed by atoms with Crippen molar-refractivity contribution in [1.29, 1.82) is 0 Å². The Morgan fingerprint density at radius 3 is 2.41 bits per heavy atom. The number of carbonyl (C=O) groups excluding carboxylic acids is 1. The largest absolute Gasteiger partial charge is 0.361 e. The molecule has 3 heterocycles. The van der Waals surface area contributed by atoms with Gasteiger partial charge in [-0.1, -0.05) is 22.9 Å². The lowest BCUT2D eigenvalue weighted by molar-refractivity contribution is 0.0744. The second-order valence-corrected chi connectivity index (χ2v) is 7.26. The lowest BCUT2D eigenvalue weighted by Crippen LogP contribution is -2.49. The number of hydrogen-bond donors (Lipinski definition) is 1. The van der Waals surface area contributed by atoms with E-state index in [1.807, 2.05) is 30.0 Å². The van der Waals surface area contributed by atoms with Crippen LogP contribution in [0, 0.1) is 20.8 Å². The van der Waals surface area contributed by atoms with Gasteiger partial charge in [-0.05, 0) is 32.9 Å². The van der Waals surface area contributed by atoms with Crippen LogP contribution in [-0.2, 0) is 0 Å². The minimum atomic E-state index is -0.0460. The maximum absolute atomic E-state index is 12.6. The molecule has 1 aromatic carbocycles. The minimum Gasteiger partial charge on any atom is -0.361 e. The highest BCUT2D eigenvalue weighted by Crippen LogP contribution is 2.20. The van der Waals surface area contributed by atoms with Crippen LogP contribution in [0.3, 0.4) is 0 Å². The smallest absolute Gasteiger partial charge is 0.259 e. The average molecular weight is 392 g/mol. The molecular weight excluding hydrogens is 368 g/mol. The first kappa shape index (κ1) is 18.9. The van der Waals surface area contributed by atoms with Crippen LogP contribution in [-0.4, -0.2) is 52.1 Å². The number of amides is 1. The fraction of sp³-hybridized carbons (Fsp3) is 0.333. The van der Waals surface area contributed by atoms with Gasteiger partial charge in [-0.25, -0.2) is 4.98 Å². The predicted octanol–water partition coefficient (Wildman–Crippen LogP) is 3.10. The first-order valence-corrected chi connectivity index (χ1v) is 9.64. The van der Waals surface area contributed by atoms with Gasteiger partial charge >= 0.3 is 0 Å². The zero-order valence-corrected chi connectivity index (χ0v) is 16.8. The molecule has 0 unspecified atom stereocenters. The molecule has 1 fully saturated rings. The zero-order valence-electron chi connectivity index (χ0n) is 16.8. The Labute approximate surface area is 169 Å². The highest BCUT2D eigenvalue weighted by Gasteiger charge is 2.26. The van der Waals surface area contributed by atoms with Gasteiger partial charge in [0.05, 0.1) is 6.20 Å². The SMILES string of the molecule is Cc1ccc(Nc2cc(C)nc(N3CCN(C(=O)c4cnoc4C)CC3)n2)cc1. The van der Waals surface area contributed by atoms with E-state index in [1.165, 1.54) is 11.8 Å². The molecule has 3 aromatic rings. The third-order valence-electron chi connectivity index (χ3n) is 5.00. The summed E-state index contributed by atoms with van der Waals surface area (Å²) in [6, 6.07) is 10.1. The molecule has 0 saturated carbocycles. The summed E-state index contributed by atoms with van der Waals surface area (Å²) >= 11 is 0. The standard InChI is InChI=1S/C21H24N6O2/c1-14-4-6-17(7-5-14)24-19-12-15(2)23-21(25-19)27-10-8-26(9-11-27)20(28)18-13-22-29-16(18)3/h4-7,12-13H,8-11H2,1-3H3,(H,23,24,25). The molecule has 0 bridgehead atoms. The highest BCUT2D eigenvalue weighted by atomic mass is 16.5. The number of anilines is 3. The summed E-state index contributed by atoms with van der Waals surface area (Å²) in [6.07, 6.45) is 1.48. The molecule has 1 aliphatic rings. The topological polar surface area (TPSA) is 87.4 Å². The van der Waals surface area contributed by atoms with Gasteiger partial charge in [-0.2, -0.15) is 4.98 Å². The van der Waals surface area contributed by atoms with Crippen molar-refractivity contribution in [2.45, 2.75) is 20.8 Å². The maximum Gasteiger partial charge on any atom is 0.259 e. The molecule has 8 heteroatoms. The van der Waals surface area contributed by atoms with Crippen molar-refractivity contribution >= 4 is 23.4 Å². The Balaban J connectivity index is 1.44. The number of nitrogens with one attached hydrogen (secondary N) is 1. The van der Waals surface area contributed by atoms with E-state index < -0.39 is 0 Å². The molecule has 1 N–H and O–H groups in total. The summed E-state index contributed by atoms with van der Waals surface area (Å²) in [4.78, 5) is 25.8. The number of nitrogens with zero attached hydrogens (tertiary/aromatic N) is 5. The van der Waals surface area contributed by atoms with Gasteiger partial charge in [-0.3, -0.25) is 4.79 Å². The number of aryl methyl sites for hydroxylation is 3. The molecule has 4 rings (SSSR count). The second kappa shape index (κ2) is 7.90. The lowest BCUT2D eigenvalue weighted by Gasteiger charge is -2.34. The summed E-state index contributed by atoms with van der Waals surface area (Å²) in [6.45, 7) is 8.31. The van der Waals surface area contributed by atoms with Crippen LogP contribution < -0.4 is 10.2 Å². The quantitative estimate of drug-likeness (QED) is 0.730. The van der Waals surface area contributed by atoms with E-state index in [4.69, 9.17) is 4.52 Å². The third-order valence-corrected chi connectivity index (χ3v) is 5.00. The summed E-state index contributed by atoms with van der Waals surface area (Å²) in [5.74, 6) is 1.93. The van der Waals surface area contributed by atoms with E-state index in [-0.39, 0.29) is 5.91 Å². The Morgan fingerprint density at radius 1 is 1.03 bits per heavy atom. The number of rotatable bonds is 4. The Kier molecular flexibility index (Phi) is 5.16. The number of benzene rings is 1. The molecule has 2 aromatic heterocycles. The fourth-order valence-corrected chi connectivity index (χ4v) is 3.33. The Hall–Kier alpha value is -3.42. The van der Waals surface area contributed by atoms with E-state index in [0.29, 0.717) is 43.5 Å². The van der Waals surface area contributed by atoms with Crippen LogP contribution in [0.25, 0.3) is 0 Å². The van der Waals surface area contributed by atoms with Crippen molar-refractivity contribution in [2.24, 2.45) is 0 Å². The van der Waals surface area contributed by atoms with Crippen LogP contribution in [0.15, 0.2) is 41.1 Å². The molecule has 0 aliphatic carbocycles. The van der Waals surface area contributed by atoms with Crippen molar-refractivity contribution < 1.29 is 9.32 Å². The summed E-state index contributed by atoms with van der Waals surface area (Å²) in [7, 11) is 0. The van der Waals surface area contributed by atoms with Crippen LogP contribution in [0.4, 0.5) is 17.5 Å². The van der Waals surface area contributed by atoms with Crippen LogP contribution >= 0.6 is 0 Å². The van der Waals surface area contributed by atoms with Gasteiger partial charge in [-0.15, -0.1) is 0 Å². The minimum absolute atomic E-state index is 0.0460. The Bertz CT molecular complexity index is 1010. The summed E-state index contributed by atoms with van der Waals surface area (Å²) in [5.41, 5.74) is 3.61. The van der Waals surface area contributed by atoms with Gasteiger partial charge in [0.25, 0.3) is 5.91 Å². The Morgan fingerprint density at radius 2 is 1.76 bits per heavy atom. The molecule has 0 spiro atoms. The van der Waals surface area contributed by atoms with Gasteiger partial charge in [0.15, 0.2) is 0 Å². The predicted molar refractivity (Wildman–Crippen MR) is 111 cm³/mol. The van der Waals surface area contributed by atoms with Gasteiger partial charge in [0.1, 0.15) is 17.1 Å².